The maximum absolute atomic E-state index is 11.1. The lowest BCUT2D eigenvalue weighted by Gasteiger charge is -2.40. The maximum atomic E-state index is 11.1. The first-order chi connectivity index (χ1) is 7.34. The summed E-state index contributed by atoms with van der Waals surface area (Å²) in [6.07, 6.45) is 0. The third-order valence-electron chi connectivity index (χ3n) is 2.50. The minimum atomic E-state index is -0.807. The molecule has 0 bridgehead atoms. The Balaban J connectivity index is 3.12. The molecule has 0 aliphatic heterocycles. The monoisotopic (exact) mass is 221 g/mol. The van der Waals surface area contributed by atoms with Crippen molar-refractivity contribution in [3.63, 3.8) is 0 Å². The smallest absolute Gasteiger partial charge is 0.326 e. The van der Waals surface area contributed by atoms with E-state index in [1.165, 1.54) is 0 Å². The zero-order valence-electron chi connectivity index (χ0n) is 10.3. The zero-order valence-corrected chi connectivity index (χ0v) is 10.3. The van der Waals surface area contributed by atoms with Crippen LogP contribution in [-0.2, 0) is 4.79 Å². The average Bonchev–Trinajstić information content (AvgIpc) is 2.17. The van der Waals surface area contributed by atoms with Gasteiger partial charge in [0, 0.05) is 11.2 Å². The molecule has 1 rings (SSSR count). The number of aliphatic carboxylic acids is 1. The highest BCUT2D eigenvalue weighted by atomic mass is 16.4. The largest absolute Gasteiger partial charge is 0.480 e. The Bertz CT molecular complexity index is 354. The van der Waals surface area contributed by atoms with Crippen molar-refractivity contribution in [2.24, 2.45) is 0 Å². The van der Waals surface area contributed by atoms with E-state index in [1.54, 1.807) is 6.92 Å². The van der Waals surface area contributed by atoms with E-state index in [9.17, 15) is 4.79 Å². The van der Waals surface area contributed by atoms with Gasteiger partial charge in [0.2, 0.25) is 0 Å². The molecule has 0 aliphatic rings. The van der Waals surface area contributed by atoms with E-state index < -0.39 is 12.0 Å². The molecular weight excluding hydrogens is 202 g/mol. The number of anilines is 1. The lowest BCUT2D eigenvalue weighted by atomic mass is 10.0. The molecule has 1 N–H and O–H groups in total. The summed E-state index contributed by atoms with van der Waals surface area (Å²) in [5, 5.41) is 9.14. The molecule has 1 aromatic rings. The number of para-hydroxylation sites is 1. The van der Waals surface area contributed by atoms with E-state index >= 15 is 0 Å². The SMILES string of the molecule is C[C@@H](C(=O)O)N(c1ccccc1)C(C)(C)C. The van der Waals surface area contributed by atoms with E-state index in [0.717, 1.165) is 5.69 Å². The van der Waals surface area contributed by atoms with Crippen LogP contribution in [0.15, 0.2) is 30.3 Å². The first kappa shape index (κ1) is 12.6. The standard InChI is InChI=1S/C13H19NO2/c1-10(12(15)16)14(13(2,3)4)11-8-6-5-7-9-11/h5-10H,1-4H3,(H,15,16)/t10-/m0/s1. The topological polar surface area (TPSA) is 40.5 Å². The van der Waals surface area contributed by atoms with E-state index in [-0.39, 0.29) is 5.54 Å². The van der Waals surface area contributed by atoms with Crippen molar-refractivity contribution in [3.8, 4) is 0 Å². The minimum Gasteiger partial charge on any atom is -0.480 e. The van der Waals surface area contributed by atoms with E-state index in [4.69, 9.17) is 5.11 Å². The molecule has 1 atom stereocenters. The molecule has 3 heteroatoms. The van der Waals surface area contributed by atoms with Gasteiger partial charge in [-0.05, 0) is 39.8 Å². The van der Waals surface area contributed by atoms with E-state index in [2.05, 4.69) is 0 Å². The highest BCUT2D eigenvalue weighted by Crippen LogP contribution is 2.26. The van der Waals surface area contributed by atoms with Gasteiger partial charge in [-0.15, -0.1) is 0 Å². The van der Waals surface area contributed by atoms with Crippen molar-refractivity contribution in [2.45, 2.75) is 39.3 Å². The minimum absolute atomic E-state index is 0.223. The van der Waals surface area contributed by atoms with Crippen molar-refractivity contribution < 1.29 is 9.90 Å². The van der Waals surface area contributed by atoms with Crippen LogP contribution < -0.4 is 4.90 Å². The van der Waals surface area contributed by atoms with Crippen LogP contribution in [0.25, 0.3) is 0 Å². The molecule has 0 radical (unpaired) electrons. The van der Waals surface area contributed by atoms with Crippen molar-refractivity contribution in [3.05, 3.63) is 30.3 Å². The fourth-order valence-electron chi connectivity index (χ4n) is 1.89. The summed E-state index contributed by atoms with van der Waals surface area (Å²) in [5.74, 6) is -0.807. The summed E-state index contributed by atoms with van der Waals surface area (Å²) in [4.78, 5) is 13.0. The molecule has 3 nitrogen and oxygen atoms in total. The Labute approximate surface area is 96.7 Å². The van der Waals surface area contributed by atoms with Gasteiger partial charge in [-0.25, -0.2) is 4.79 Å². The van der Waals surface area contributed by atoms with Gasteiger partial charge in [0.15, 0.2) is 0 Å². The molecule has 0 saturated heterocycles. The van der Waals surface area contributed by atoms with Crippen molar-refractivity contribution >= 4 is 11.7 Å². The number of benzene rings is 1. The van der Waals surface area contributed by atoms with Gasteiger partial charge >= 0.3 is 5.97 Å². The highest BCUT2D eigenvalue weighted by molar-refractivity contribution is 5.78. The van der Waals surface area contributed by atoms with E-state index in [0.29, 0.717) is 0 Å². The van der Waals surface area contributed by atoms with Crippen molar-refractivity contribution in [1.29, 1.82) is 0 Å². The molecule has 0 aromatic heterocycles. The van der Waals surface area contributed by atoms with Gasteiger partial charge in [-0.1, -0.05) is 18.2 Å². The number of nitrogens with zero attached hydrogens (tertiary/aromatic N) is 1. The van der Waals surface area contributed by atoms with Crippen molar-refractivity contribution in [1.82, 2.24) is 0 Å². The van der Waals surface area contributed by atoms with Gasteiger partial charge in [0.1, 0.15) is 6.04 Å². The zero-order chi connectivity index (χ0) is 12.3. The van der Waals surface area contributed by atoms with Gasteiger partial charge in [0.25, 0.3) is 0 Å². The number of hydrogen-bond acceptors (Lipinski definition) is 2. The maximum Gasteiger partial charge on any atom is 0.326 e. The number of carboxylic acid groups (broad SMARTS) is 1. The molecule has 0 saturated carbocycles. The predicted octanol–water partition coefficient (Wildman–Crippen LogP) is 2.76. The Morgan fingerprint density at radius 3 is 2.12 bits per heavy atom. The predicted molar refractivity (Wildman–Crippen MR) is 65.8 cm³/mol. The van der Waals surface area contributed by atoms with Crippen LogP contribution in [0.3, 0.4) is 0 Å². The van der Waals surface area contributed by atoms with Crippen LogP contribution in [0.1, 0.15) is 27.7 Å². The number of rotatable bonds is 3. The summed E-state index contributed by atoms with van der Waals surface area (Å²) >= 11 is 0. The average molecular weight is 221 g/mol. The highest BCUT2D eigenvalue weighted by Gasteiger charge is 2.30. The van der Waals surface area contributed by atoms with Gasteiger partial charge in [-0.2, -0.15) is 0 Å². The number of carboxylic acids is 1. The third kappa shape index (κ3) is 2.75. The lowest BCUT2D eigenvalue weighted by Crippen LogP contribution is -2.50. The quantitative estimate of drug-likeness (QED) is 0.853. The Morgan fingerprint density at radius 1 is 1.25 bits per heavy atom. The van der Waals surface area contributed by atoms with Crippen LogP contribution in [0.4, 0.5) is 5.69 Å². The summed E-state index contributed by atoms with van der Waals surface area (Å²) in [5.41, 5.74) is 0.712. The molecule has 0 fully saturated rings. The molecule has 88 valence electrons. The Kier molecular flexibility index (Phi) is 3.58. The van der Waals surface area contributed by atoms with Crippen LogP contribution in [0.2, 0.25) is 0 Å². The number of carbonyl (C=O) groups is 1. The van der Waals surface area contributed by atoms with Crippen LogP contribution in [0, 0.1) is 0 Å². The van der Waals surface area contributed by atoms with E-state index in [1.807, 2.05) is 56.0 Å². The molecule has 0 unspecified atom stereocenters. The number of hydrogen-bond donors (Lipinski definition) is 1. The second kappa shape index (κ2) is 4.56. The molecule has 1 aromatic carbocycles. The summed E-state index contributed by atoms with van der Waals surface area (Å²) < 4.78 is 0. The molecule has 0 heterocycles. The fourth-order valence-corrected chi connectivity index (χ4v) is 1.89. The molecule has 16 heavy (non-hydrogen) atoms. The molecule has 0 aliphatic carbocycles. The fraction of sp³-hybridized carbons (Fsp3) is 0.462. The second-order valence-corrected chi connectivity index (χ2v) is 4.89. The molecule has 0 amide bonds. The van der Waals surface area contributed by atoms with Crippen LogP contribution in [0.5, 0.6) is 0 Å². The summed E-state index contributed by atoms with van der Waals surface area (Å²) in [7, 11) is 0. The Morgan fingerprint density at radius 2 is 1.75 bits per heavy atom. The van der Waals surface area contributed by atoms with Crippen LogP contribution in [-0.4, -0.2) is 22.7 Å². The first-order valence-corrected chi connectivity index (χ1v) is 5.41. The second-order valence-electron chi connectivity index (χ2n) is 4.89. The summed E-state index contributed by atoms with van der Waals surface area (Å²) in [6, 6.07) is 9.10. The molecule has 0 spiro atoms. The van der Waals surface area contributed by atoms with Gasteiger partial charge in [0.05, 0.1) is 0 Å². The molecular formula is C13H19NO2. The Hall–Kier alpha value is -1.51. The van der Waals surface area contributed by atoms with Crippen molar-refractivity contribution in [2.75, 3.05) is 4.90 Å². The van der Waals surface area contributed by atoms with Crippen LogP contribution >= 0.6 is 0 Å². The first-order valence-electron chi connectivity index (χ1n) is 5.41. The third-order valence-corrected chi connectivity index (χ3v) is 2.50. The van der Waals surface area contributed by atoms with Gasteiger partial charge < -0.3 is 10.0 Å². The normalized spacial score (nSPS) is 13.2. The lowest BCUT2D eigenvalue weighted by molar-refractivity contribution is -0.138. The van der Waals surface area contributed by atoms with Gasteiger partial charge in [-0.3, -0.25) is 0 Å². The summed E-state index contributed by atoms with van der Waals surface area (Å²) in [6.45, 7) is 7.75.